The first-order valence-electron chi connectivity index (χ1n) is 1.47. The fourth-order valence-electron chi connectivity index (χ4n) is 0.174. The van der Waals surface area contributed by atoms with E-state index in [0.29, 0.717) is 9.19 Å². The van der Waals surface area contributed by atoms with Gasteiger partial charge in [0.25, 0.3) is 0 Å². The van der Waals surface area contributed by atoms with Gasteiger partial charge in [0, 0.05) is 11.9 Å². The van der Waals surface area contributed by atoms with E-state index in [1.54, 1.807) is 0 Å². The summed E-state index contributed by atoms with van der Waals surface area (Å²) in [5.74, 6) is 0. The Morgan fingerprint density at radius 1 is 1.43 bits per heavy atom. The SMILES string of the molecule is S=C1N=NSC1=S. The van der Waals surface area contributed by atoms with E-state index < -0.39 is 0 Å². The van der Waals surface area contributed by atoms with Gasteiger partial charge in [-0.25, -0.2) is 0 Å². The zero-order chi connectivity index (χ0) is 5.28. The second-order valence-corrected chi connectivity index (χ2v) is 2.67. The smallest absolute Gasteiger partial charge is 0.129 e. The minimum absolute atomic E-state index is 0.444. The quantitative estimate of drug-likeness (QED) is 0.386. The maximum atomic E-state index is 4.68. The highest BCUT2D eigenvalue weighted by Crippen LogP contribution is 2.16. The van der Waals surface area contributed by atoms with Crippen molar-refractivity contribution in [3.8, 4) is 0 Å². The van der Waals surface area contributed by atoms with E-state index in [2.05, 4.69) is 34.1 Å². The van der Waals surface area contributed by atoms with Crippen molar-refractivity contribution < 1.29 is 0 Å². The van der Waals surface area contributed by atoms with Crippen LogP contribution in [0.15, 0.2) is 9.63 Å². The van der Waals surface area contributed by atoms with Crippen molar-refractivity contribution in [3.05, 3.63) is 0 Å². The monoisotopic (exact) mass is 148 g/mol. The standard InChI is InChI=1S/C2N2S3/c5-1-2(6)7-4-3-1. The van der Waals surface area contributed by atoms with E-state index in [1.165, 1.54) is 0 Å². The average molecular weight is 148 g/mol. The molecule has 0 saturated carbocycles. The van der Waals surface area contributed by atoms with Gasteiger partial charge in [0.1, 0.15) is 4.20 Å². The van der Waals surface area contributed by atoms with Gasteiger partial charge in [-0.1, -0.05) is 24.4 Å². The minimum Gasteiger partial charge on any atom is -0.129 e. The first-order valence-corrected chi connectivity index (χ1v) is 3.06. The summed E-state index contributed by atoms with van der Waals surface area (Å²) in [6, 6.07) is 0. The second kappa shape index (κ2) is 1.94. The van der Waals surface area contributed by atoms with E-state index in [9.17, 15) is 0 Å². The van der Waals surface area contributed by atoms with Crippen LogP contribution >= 0.6 is 36.4 Å². The molecule has 1 heterocycles. The third-order valence-corrected chi connectivity index (χ3v) is 1.91. The van der Waals surface area contributed by atoms with Crippen LogP contribution in [0.4, 0.5) is 0 Å². The molecular formula is C2N2S3. The first-order chi connectivity index (χ1) is 3.30. The lowest BCUT2D eigenvalue weighted by molar-refractivity contribution is 1.49. The summed E-state index contributed by atoms with van der Waals surface area (Å²) in [6.45, 7) is 0. The molecule has 0 bridgehead atoms. The zero-order valence-electron chi connectivity index (χ0n) is 3.12. The van der Waals surface area contributed by atoms with Crippen LogP contribution in [-0.4, -0.2) is 9.19 Å². The molecule has 0 aromatic rings. The van der Waals surface area contributed by atoms with Gasteiger partial charge in [0.05, 0.1) is 0 Å². The number of rotatable bonds is 0. The molecule has 1 aliphatic rings. The van der Waals surface area contributed by atoms with Crippen molar-refractivity contribution in [3.63, 3.8) is 0 Å². The van der Waals surface area contributed by atoms with E-state index in [4.69, 9.17) is 0 Å². The first kappa shape index (κ1) is 5.27. The van der Waals surface area contributed by atoms with Crippen LogP contribution in [0.25, 0.3) is 0 Å². The predicted octanol–water partition coefficient (Wildman–Crippen LogP) is 1.76. The second-order valence-electron chi connectivity index (χ2n) is 0.866. The summed E-state index contributed by atoms with van der Waals surface area (Å²) in [4.78, 5) is 0.444. The molecule has 0 aliphatic carbocycles. The number of nitrogens with zero attached hydrogens (tertiary/aromatic N) is 2. The lowest BCUT2D eigenvalue weighted by Gasteiger charge is -1.74. The molecule has 0 unspecified atom stereocenters. The molecule has 7 heavy (non-hydrogen) atoms. The van der Waals surface area contributed by atoms with Crippen LogP contribution in [-0.2, 0) is 0 Å². The molecule has 2 nitrogen and oxygen atoms in total. The Labute approximate surface area is 55.5 Å². The van der Waals surface area contributed by atoms with Crippen molar-refractivity contribution in [1.29, 1.82) is 0 Å². The van der Waals surface area contributed by atoms with Crippen LogP contribution in [0.2, 0.25) is 0 Å². The predicted molar refractivity (Wildman–Crippen MR) is 37.6 cm³/mol. The minimum atomic E-state index is 0.444. The maximum Gasteiger partial charge on any atom is 0.175 e. The molecular weight excluding hydrogens is 148 g/mol. The molecule has 0 N–H and O–H groups in total. The summed E-state index contributed by atoms with van der Waals surface area (Å²) in [7, 11) is 0. The number of thiocarbonyl (C=S) groups is 2. The van der Waals surface area contributed by atoms with Gasteiger partial charge >= 0.3 is 0 Å². The summed E-state index contributed by atoms with van der Waals surface area (Å²) >= 11 is 10.4. The van der Waals surface area contributed by atoms with E-state index in [0.717, 1.165) is 11.9 Å². The molecule has 36 valence electrons. The van der Waals surface area contributed by atoms with Gasteiger partial charge in [-0.2, -0.15) is 0 Å². The van der Waals surface area contributed by atoms with Gasteiger partial charge in [-0.15, -0.1) is 9.63 Å². The van der Waals surface area contributed by atoms with Crippen LogP contribution in [0.5, 0.6) is 0 Å². The van der Waals surface area contributed by atoms with Gasteiger partial charge in [-0.05, 0) is 0 Å². The Balaban J connectivity index is 2.81. The van der Waals surface area contributed by atoms with E-state index >= 15 is 0 Å². The summed E-state index contributed by atoms with van der Waals surface area (Å²) in [5.41, 5.74) is 0. The normalized spacial score (nSPS) is 18.9. The maximum absolute atomic E-state index is 4.68. The van der Waals surface area contributed by atoms with Crippen molar-refractivity contribution in [2.45, 2.75) is 0 Å². The molecule has 1 rings (SSSR count). The van der Waals surface area contributed by atoms with Crippen LogP contribution < -0.4 is 0 Å². The zero-order valence-corrected chi connectivity index (χ0v) is 5.57. The average Bonchev–Trinajstić information content (AvgIpc) is 1.91. The van der Waals surface area contributed by atoms with Crippen molar-refractivity contribution in [2.75, 3.05) is 0 Å². The highest BCUT2D eigenvalue weighted by molar-refractivity contribution is 8.26. The lowest BCUT2D eigenvalue weighted by Crippen LogP contribution is -1.91. The highest BCUT2D eigenvalue weighted by atomic mass is 32.2. The molecule has 0 aromatic heterocycles. The van der Waals surface area contributed by atoms with Crippen LogP contribution in [0.1, 0.15) is 0 Å². The van der Waals surface area contributed by atoms with Gasteiger partial charge in [-0.3, -0.25) is 0 Å². The van der Waals surface area contributed by atoms with Crippen LogP contribution in [0, 0.1) is 0 Å². The highest BCUT2D eigenvalue weighted by Gasteiger charge is 2.09. The number of hydrogen-bond acceptors (Lipinski definition) is 4. The summed E-state index contributed by atoms with van der Waals surface area (Å²) in [6.07, 6.45) is 0. The van der Waals surface area contributed by atoms with Gasteiger partial charge in [0.2, 0.25) is 0 Å². The Bertz CT molecular complexity index is 149. The summed E-state index contributed by atoms with van der Waals surface area (Å²) < 4.78 is 4.11. The summed E-state index contributed by atoms with van der Waals surface area (Å²) in [5, 5.41) is 3.50. The van der Waals surface area contributed by atoms with Gasteiger partial charge < -0.3 is 0 Å². The molecule has 5 heteroatoms. The third-order valence-electron chi connectivity index (χ3n) is 0.430. The van der Waals surface area contributed by atoms with Crippen molar-refractivity contribution in [1.82, 2.24) is 0 Å². The lowest BCUT2D eigenvalue weighted by atomic mass is 10.8. The molecule has 0 aromatic carbocycles. The molecule has 1 aliphatic heterocycles. The molecule has 0 amide bonds. The van der Waals surface area contributed by atoms with Crippen molar-refractivity contribution >= 4 is 45.6 Å². The Morgan fingerprint density at radius 3 is 2.29 bits per heavy atom. The van der Waals surface area contributed by atoms with Crippen molar-refractivity contribution in [2.24, 2.45) is 9.63 Å². The fourth-order valence-corrected chi connectivity index (χ4v) is 0.835. The number of hydrogen-bond donors (Lipinski definition) is 0. The molecule has 0 spiro atoms. The largest absolute Gasteiger partial charge is 0.175 e. The van der Waals surface area contributed by atoms with Gasteiger partial charge in [0.15, 0.2) is 4.99 Å². The Kier molecular flexibility index (Phi) is 1.46. The van der Waals surface area contributed by atoms with E-state index in [-0.39, 0.29) is 0 Å². The molecule has 0 radical (unpaired) electrons. The Hall–Kier alpha value is 0.130. The molecule has 0 atom stereocenters. The molecule has 0 saturated heterocycles. The Morgan fingerprint density at radius 2 is 2.14 bits per heavy atom. The van der Waals surface area contributed by atoms with Crippen LogP contribution in [0.3, 0.4) is 0 Å². The fraction of sp³-hybridized carbons (Fsp3) is 0. The third kappa shape index (κ3) is 1.02. The van der Waals surface area contributed by atoms with E-state index in [1.807, 2.05) is 0 Å². The molecule has 0 fully saturated rings. The topological polar surface area (TPSA) is 24.7 Å².